The molecule has 0 fully saturated rings. The lowest BCUT2D eigenvalue weighted by Gasteiger charge is -2.40. The van der Waals surface area contributed by atoms with Gasteiger partial charge in [-0.15, -0.1) is 0 Å². The van der Waals surface area contributed by atoms with E-state index in [2.05, 4.69) is 4.98 Å². The Morgan fingerprint density at radius 2 is 2.00 bits per heavy atom. The van der Waals surface area contributed by atoms with Gasteiger partial charge in [-0.25, -0.2) is 0 Å². The van der Waals surface area contributed by atoms with E-state index in [4.69, 9.17) is 9.47 Å². The van der Waals surface area contributed by atoms with Crippen LogP contribution in [0, 0.1) is 0 Å². The number of fused-ring (bicyclic) bond motifs is 5. The van der Waals surface area contributed by atoms with Gasteiger partial charge in [-0.3, -0.25) is 4.79 Å². The van der Waals surface area contributed by atoms with Crippen molar-refractivity contribution in [3.63, 3.8) is 0 Å². The summed E-state index contributed by atoms with van der Waals surface area (Å²) in [6.07, 6.45) is -1.58. The number of hydrogen-bond donors (Lipinski definition) is 3. The lowest BCUT2D eigenvalue weighted by atomic mass is 9.86. The van der Waals surface area contributed by atoms with Gasteiger partial charge >= 0.3 is 0 Å². The van der Waals surface area contributed by atoms with Crippen molar-refractivity contribution in [1.82, 2.24) is 4.98 Å². The summed E-state index contributed by atoms with van der Waals surface area (Å²) in [5.74, 6) is 1.00. The summed E-state index contributed by atoms with van der Waals surface area (Å²) in [5.41, 5.74) is 1.20. The molecule has 0 bridgehead atoms. The minimum absolute atomic E-state index is 0.309. The van der Waals surface area contributed by atoms with Crippen LogP contribution in [0.5, 0.6) is 11.5 Å². The molecule has 1 aliphatic rings. The van der Waals surface area contributed by atoms with Gasteiger partial charge in [-0.05, 0) is 32.0 Å². The number of hydrogen-bond acceptors (Lipinski definition) is 5. The van der Waals surface area contributed by atoms with E-state index in [1.54, 1.807) is 27.0 Å². The quantitative estimate of drug-likeness (QED) is 0.623. The maximum absolute atomic E-state index is 11.6. The Balaban J connectivity index is 2.11. The Bertz CT molecular complexity index is 1000. The third-order valence-corrected chi connectivity index (χ3v) is 4.92. The van der Waals surface area contributed by atoms with Crippen LogP contribution < -0.4 is 9.47 Å². The molecule has 6 heteroatoms. The van der Waals surface area contributed by atoms with Crippen molar-refractivity contribution >= 4 is 28.1 Å². The van der Waals surface area contributed by atoms with Crippen LogP contribution in [0.1, 0.15) is 35.9 Å². The van der Waals surface area contributed by atoms with Crippen LogP contribution >= 0.6 is 0 Å². The topological polar surface area (TPSA) is 91.8 Å². The summed E-state index contributed by atoms with van der Waals surface area (Å²) in [5, 5.41) is 22.8. The van der Waals surface area contributed by atoms with E-state index in [0.29, 0.717) is 34.4 Å². The monoisotopic (exact) mass is 341 g/mol. The molecule has 0 saturated carbocycles. The number of benzene rings is 2. The van der Waals surface area contributed by atoms with Gasteiger partial charge in [0.05, 0.1) is 29.3 Å². The Hall–Kier alpha value is -2.57. The van der Waals surface area contributed by atoms with Crippen molar-refractivity contribution < 1.29 is 24.5 Å². The fourth-order valence-corrected chi connectivity index (χ4v) is 3.52. The summed E-state index contributed by atoms with van der Waals surface area (Å²) >= 11 is 0. The van der Waals surface area contributed by atoms with Crippen LogP contribution in [0.3, 0.4) is 0 Å². The van der Waals surface area contributed by atoms with E-state index in [1.165, 1.54) is 0 Å². The summed E-state index contributed by atoms with van der Waals surface area (Å²) in [7, 11) is 1.59. The molecule has 0 radical (unpaired) electrons. The number of rotatable bonds is 2. The number of carbonyl (C=O) groups is 1. The Morgan fingerprint density at radius 3 is 2.68 bits per heavy atom. The predicted molar refractivity (Wildman–Crippen MR) is 93.4 cm³/mol. The molecular formula is C19H19NO5. The van der Waals surface area contributed by atoms with Crippen LogP contribution in [0.15, 0.2) is 24.3 Å². The van der Waals surface area contributed by atoms with Crippen LogP contribution in [0.2, 0.25) is 0 Å². The molecule has 2 aromatic carbocycles. The molecule has 1 aliphatic heterocycles. The van der Waals surface area contributed by atoms with Gasteiger partial charge in [-0.1, -0.05) is 0 Å². The van der Waals surface area contributed by atoms with Crippen molar-refractivity contribution in [2.75, 3.05) is 7.11 Å². The number of aliphatic hydroxyl groups excluding tert-OH is 2. The van der Waals surface area contributed by atoms with Crippen LogP contribution in [-0.4, -0.2) is 40.3 Å². The largest absolute Gasteiger partial charge is 0.497 e. The minimum Gasteiger partial charge on any atom is -0.497 e. The van der Waals surface area contributed by atoms with Crippen molar-refractivity contribution in [1.29, 1.82) is 0 Å². The summed E-state index contributed by atoms with van der Waals surface area (Å²) in [4.78, 5) is 14.9. The van der Waals surface area contributed by atoms with Crippen molar-refractivity contribution in [3.8, 4) is 11.5 Å². The first-order valence-corrected chi connectivity index (χ1v) is 8.04. The molecule has 25 heavy (non-hydrogen) atoms. The molecule has 2 atom stereocenters. The lowest BCUT2D eigenvalue weighted by Crippen LogP contribution is -2.49. The van der Waals surface area contributed by atoms with Gasteiger partial charge in [0, 0.05) is 16.8 Å². The molecule has 6 nitrogen and oxygen atoms in total. The second kappa shape index (κ2) is 5.21. The van der Waals surface area contributed by atoms with Crippen molar-refractivity contribution in [3.05, 3.63) is 35.4 Å². The third-order valence-electron chi connectivity index (χ3n) is 4.92. The molecule has 0 amide bonds. The van der Waals surface area contributed by atoms with E-state index < -0.39 is 17.8 Å². The number of H-pyrrole nitrogens is 1. The minimum atomic E-state index is -1.17. The fraction of sp³-hybridized carbons (Fsp3) is 0.316. The highest BCUT2D eigenvalue weighted by molar-refractivity contribution is 6.11. The standard InChI is InChI=1S/C19H19NO5/c1-19(2)18(23)16(22)14-15-12(6-9(8-21)17(14)25-19)11-5-4-10(24-3)7-13(11)20-15/h4-8,16,18,20,22-23H,1-3H3/t16-,18+/m1/s1. The number of methoxy groups -OCH3 is 1. The van der Waals surface area contributed by atoms with Crippen LogP contribution in [0.25, 0.3) is 21.8 Å². The Morgan fingerprint density at radius 1 is 1.24 bits per heavy atom. The highest BCUT2D eigenvalue weighted by Crippen LogP contribution is 2.46. The number of aromatic nitrogens is 1. The molecule has 0 unspecified atom stereocenters. The van der Waals surface area contributed by atoms with Gasteiger partial charge in [0.2, 0.25) is 0 Å². The van der Waals surface area contributed by atoms with Gasteiger partial charge in [0.25, 0.3) is 0 Å². The molecule has 130 valence electrons. The van der Waals surface area contributed by atoms with E-state index in [9.17, 15) is 15.0 Å². The number of carbonyl (C=O) groups excluding carboxylic acids is 1. The zero-order chi connectivity index (χ0) is 17.9. The molecule has 0 spiro atoms. The molecule has 3 aromatic rings. The van der Waals surface area contributed by atoms with Crippen molar-refractivity contribution in [2.45, 2.75) is 31.7 Å². The average molecular weight is 341 g/mol. The summed E-state index contributed by atoms with van der Waals surface area (Å²) in [6.45, 7) is 3.36. The van der Waals surface area contributed by atoms with E-state index >= 15 is 0 Å². The third kappa shape index (κ3) is 2.14. The molecule has 0 saturated heterocycles. The van der Waals surface area contributed by atoms with E-state index in [1.807, 2.05) is 18.2 Å². The Kier molecular flexibility index (Phi) is 3.32. The zero-order valence-electron chi connectivity index (χ0n) is 14.2. The first kappa shape index (κ1) is 15.9. The lowest BCUT2D eigenvalue weighted by molar-refractivity contribution is -0.111. The fourth-order valence-electron chi connectivity index (χ4n) is 3.52. The highest BCUT2D eigenvalue weighted by atomic mass is 16.5. The maximum Gasteiger partial charge on any atom is 0.153 e. The van der Waals surface area contributed by atoms with Gasteiger partial charge in [0.1, 0.15) is 29.3 Å². The number of aldehydes is 1. The molecule has 0 aliphatic carbocycles. The average Bonchev–Trinajstić information content (AvgIpc) is 2.95. The molecule has 4 rings (SSSR count). The normalized spacial score (nSPS) is 21.8. The summed E-state index contributed by atoms with van der Waals surface area (Å²) in [6, 6.07) is 7.32. The number of aliphatic hydroxyl groups is 2. The van der Waals surface area contributed by atoms with Crippen LogP contribution in [0.4, 0.5) is 0 Å². The SMILES string of the molecule is COc1ccc2c(c1)[nH]c1c3c(c(C=O)cc12)OC(C)(C)[C@@H](O)[C@@H]3O. The number of aromatic amines is 1. The van der Waals surface area contributed by atoms with E-state index in [-0.39, 0.29) is 0 Å². The first-order chi connectivity index (χ1) is 11.9. The second-order valence-corrected chi connectivity index (χ2v) is 6.88. The zero-order valence-corrected chi connectivity index (χ0v) is 14.2. The number of nitrogens with one attached hydrogen (secondary N) is 1. The molecular weight excluding hydrogens is 322 g/mol. The summed E-state index contributed by atoms with van der Waals surface area (Å²) < 4.78 is 11.1. The Labute approximate surface area is 144 Å². The van der Waals surface area contributed by atoms with E-state index in [0.717, 1.165) is 16.3 Å². The van der Waals surface area contributed by atoms with Crippen LogP contribution in [-0.2, 0) is 0 Å². The smallest absolute Gasteiger partial charge is 0.153 e. The first-order valence-electron chi connectivity index (χ1n) is 8.04. The van der Waals surface area contributed by atoms with Gasteiger partial charge < -0.3 is 24.7 Å². The predicted octanol–water partition coefficient (Wildman–Crippen LogP) is 2.71. The maximum atomic E-state index is 11.6. The van der Waals surface area contributed by atoms with Crippen molar-refractivity contribution in [2.24, 2.45) is 0 Å². The molecule has 1 aromatic heterocycles. The van der Waals surface area contributed by atoms with Gasteiger partial charge in [0.15, 0.2) is 6.29 Å². The number of ether oxygens (including phenoxy) is 2. The second-order valence-electron chi connectivity index (χ2n) is 6.88. The highest BCUT2D eigenvalue weighted by Gasteiger charge is 2.44. The van der Waals surface area contributed by atoms with Gasteiger partial charge in [-0.2, -0.15) is 0 Å². The molecule has 2 heterocycles. The molecule has 3 N–H and O–H groups in total.